The lowest BCUT2D eigenvalue weighted by Gasteiger charge is -2.25. The van der Waals surface area contributed by atoms with Crippen molar-refractivity contribution in [1.82, 2.24) is 4.90 Å². The lowest BCUT2D eigenvalue weighted by Crippen LogP contribution is -2.30. The van der Waals surface area contributed by atoms with Crippen LogP contribution in [0.25, 0.3) is 0 Å². The quantitative estimate of drug-likeness (QED) is 0.937. The maximum atomic E-state index is 12.7. The molecule has 0 unspecified atom stereocenters. The van der Waals surface area contributed by atoms with Crippen molar-refractivity contribution in [2.24, 2.45) is 5.92 Å². The number of amides is 2. The van der Waals surface area contributed by atoms with Gasteiger partial charge in [0.25, 0.3) is 0 Å². The summed E-state index contributed by atoms with van der Waals surface area (Å²) in [4.78, 5) is 26.5. The van der Waals surface area contributed by atoms with Crippen molar-refractivity contribution in [3.8, 4) is 0 Å². The molecule has 0 spiro atoms. The van der Waals surface area contributed by atoms with Gasteiger partial charge in [-0.2, -0.15) is 0 Å². The van der Waals surface area contributed by atoms with Crippen LogP contribution in [-0.2, 0) is 9.59 Å². The average molecular weight is 329 g/mol. The van der Waals surface area contributed by atoms with E-state index in [4.69, 9.17) is 11.6 Å². The fourth-order valence-corrected chi connectivity index (χ4v) is 3.18. The fourth-order valence-electron chi connectivity index (χ4n) is 3.00. The van der Waals surface area contributed by atoms with E-state index in [1.165, 1.54) is 0 Å². The zero-order valence-electron chi connectivity index (χ0n) is 12.7. The van der Waals surface area contributed by atoms with Crippen LogP contribution in [0, 0.1) is 5.92 Å². The third-order valence-electron chi connectivity index (χ3n) is 4.20. The molecule has 1 fully saturated rings. The number of likely N-dealkylation sites (tertiary alicyclic amines) is 1. The number of hydrogen-bond acceptors (Lipinski definition) is 2. The van der Waals surface area contributed by atoms with Crippen LogP contribution >= 0.6 is 11.6 Å². The minimum Gasteiger partial charge on any atom is -0.338 e. The van der Waals surface area contributed by atoms with Crippen LogP contribution in [0.15, 0.2) is 54.6 Å². The Labute approximate surface area is 140 Å². The summed E-state index contributed by atoms with van der Waals surface area (Å²) in [7, 11) is 1.74. The van der Waals surface area contributed by atoms with Crippen molar-refractivity contribution in [1.29, 1.82) is 0 Å². The molecule has 3 rings (SSSR count). The van der Waals surface area contributed by atoms with Gasteiger partial charge in [-0.15, -0.1) is 0 Å². The van der Waals surface area contributed by atoms with Gasteiger partial charge in [-0.1, -0.05) is 54.1 Å². The van der Waals surface area contributed by atoms with Crippen molar-refractivity contribution in [3.63, 3.8) is 0 Å². The van der Waals surface area contributed by atoms with Crippen LogP contribution in [0.1, 0.15) is 18.0 Å². The van der Waals surface area contributed by atoms with Crippen molar-refractivity contribution in [2.75, 3.05) is 12.4 Å². The van der Waals surface area contributed by atoms with E-state index >= 15 is 0 Å². The minimum atomic E-state index is -0.439. The lowest BCUT2D eigenvalue weighted by atomic mass is 9.93. The summed E-state index contributed by atoms with van der Waals surface area (Å²) in [5.41, 5.74) is 1.52. The number of nitrogens with zero attached hydrogens (tertiary/aromatic N) is 1. The average Bonchev–Trinajstić information content (AvgIpc) is 2.86. The third-order valence-corrected chi connectivity index (χ3v) is 4.53. The maximum absolute atomic E-state index is 12.7. The third kappa shape index (κ3) is 3.08. The van der Waals surface area contributed by atoms with E-state index < -0.39 is 5.92 Å². The Bertz CT molecular complexity index is 733. The van der Waals surface area contributed by atoms with Gasteiger partial charge in [0.1, 0.15) is 0 Å². The molecule has 1 N–H and O–H groups in total. The van der Waals surface area contributed by atoms with Crippen molar-refractivity contribution < 1.29 is 9.59 Å². The van der Waals surface area contributed by atoms with E-state index in [1.54, 1.807) is 30.1 Å². The van der Waals surface area contributed by atoms with Gasteiger partial charge in [0.05, 0.1) is 22.7 Å². The first-order chi connectivity index (χ1) is 11.1. The Morgan fingerprint density at radius 2 is 1.78 bits per heavy atom. The second-order valence-corrected chi connectivity index (χ2v) is 6.05. The monoisotopic (exact) mass is 328 g/mol. The smallest absolute Gasteiger partial charge is 0.230 e. The van der Waals surface area contributed by atoms with Crippen molar-refractivity contribution >= 4 is 29.1 Å². The van der Waals surface area contributed by atoms with Gasteiger partial charge in [-0.25, -0.2) is 0 Å². The second-order valence-electron chi connectivity index (χ2n) is 5.64. The summed E-state index contributed by atoms with van der Waals surface area (Å²) in [5.74, 6) is -0.658. The summed E-state index contributed by atoms with van der Waals surface area (Å²) in [6.45, 7) is 0. The van der Waals surface area contributed by atoms with E-state index in [-0.39, 0.29) is 24.3 Å². The molecule has 0 radical (unpaired) electrons. The molecule has 1 heterocycles. The summed E-state index contributed by atoms with van der Waals surface area (Å²) in [6.07, 6.45) is 0.201. The Morgan fingerprint density at radius 1 is 1.13 bits per heavy atom. The summed E-state index contributed by atoms with van der Waals surface area (Å²) < 4.78 is 0. The van der Waals surface area contributed by atoms with E-state index in [0.29, 0.717) is 10.7 Å². The maximum Gasteiger partial charge on any atom is 0.230 e. The number of benzene rings is 2. The normalized spacial score (nSPS) is 20.6. The van der Waals surface area contributed by atoms with Gasteiger partial charge in [-0.05, 0) is 17.7 Å². The number of hydrogen-bond donors (Lipinski definition) is 1. The molecule has 0 bridgehead atoms. The number of halogens is 1. The predicted molar refractivity (Wildman–Crippen MR) is 90.1 cm³/mol. The first kappa shape index (κ1) is 15.6. The highest BCUT2D eigenvalue weighted by atomic mass is 35.5. The molecule has 23 heavy (non-hydrogen) atoms. The van der Waals surface area contributed by atoms with Crippen LogP contribution in [0.3, 0.4) is 0 Å². The van der Waals surface area contributed by atoms with Crippen LogP contribution < -0.4 is 5.32 Å². The molecule has 1 aliphatic heterocycles. The minimum absolute atomic E-state index is 0.0295. The molecule has 2 aromatic carbocycles. The zero-order valence-corrected chi connectivity index (χ0v) is 13.5. The SMILES string of the molecule is CN1C(=O)C[C@H](C(=O)Nc2ccccc2Cl)[C@@H]1c1ccccc1. The lowest BCUT2D eigenvalue weighted by molar-refractivity contribution is -0.127. The Kier molecular flexibility index (Phi) is 4.35. The molecule has 2 amide bonds. The van der Waals surface area contributed by atoms with Gasteiger partial charge in [0.2, 0.25) is 11.8 Å². The highest BCUT2D eigenvalue weighted by Gasteiger charge is 2.42. The molecule has 4 nitrogen and oxygen atoms in total. The number of para-hydroxylation sites is 1. The highest BCUT2D eigenvalue weighted by molar-refractivity contribution is 6.33. The van der Waals surface area contributed by atoms with E-state index in [2.05, 4.69) is 5.32 Å². The molecule has 0 aliphatic carbocycles. The predicted octanol–water partition coefficient (Wildman–Crippen LogP) is 3.50. The standard InChI is InChI=1S/C18H17ClN2O2/c1-21-16(22)11-13(17(21)12-7-3-2-4-8-12)18(23)20-15-10-6-5-9-14(15)19/h2-10,13,17H,11H2,1H3,(H,20,23)/t13-,17-/m0/s1. The molecular formula is C18H17ClN2O2. The molecule has 1 aliphatic rings. The number of anilines is 1. The Morgan fingerprint density at radius 3 is 2.48 bits per heavy atom. The van der Waals surface area contributed by atoms with Crippen LogP contribution in [0.4, 0.5) is 5.69 Å². The Balaban J connectivity index is 1.86. The van der Waals surface area contributed by atoms with Gasteiger partial charge < -0.3 is 10.2 Å². The number of carbonyl (C=O) groups is 2. The molecule has 0 saturated carbocycles. The van der Waals surface area contributed by atoms with Crippen LogP contribution in [-0.4, -0.2) is 23.8 Å². The first-order valence-corrected chi connectivity index (χ1v) is 7.81. The molecule has 1 saturated heterocycles. The first-order valence-electron chi connectivity index (χ1n) is 7.44. The van der Waals surface area contributed by atoms with Gasteiger partial charge in [0.15, 0.2) is 0 Å². The summed E-state index contributed by atoms with van der Waals surface area (Å²) >= 11 is 6.09. The zero-order chi connectivity index (χ0) is 16.4. The summed E-state index contributed by atoms with van der Waals surface area (Å²) in [5, 5.41) is 3.32. The van der Waals surface area contributed by atoms with E-state index in [1.807, 2.05) is 36.4 Å². The van der Waals surface area contributed by atoms with Crippen LogP contribution in [0.5, 0.6) is 0 Å². The number of rotatable bonds is 3. The number of carbonyl (C=O) groups excluding carboxylic acids is 2. The second kappa shape index (κ2) is 6.42. The molecule has 5 heteroatoms. The molecule has 118 valence electrons. The molecule has 0 aromatic heterocycles. The summed E-state index contributed by atoms with van der Waals surface area (Å²) in [6, 6.07) is 16.4. The van der Waals surface area contributed by atoms with Crippen LogP contribution in [0.2, 0.25) is 5.02 Å². The van der Waals surface area contributed by atoms with Gasteiger partial charge >= 0.3 is 0 Å². The molecule has 2 atom stereocenters. The number of nitrogens with one attached hydrogen (secondary N) is 1. The van der Waals surface area contributed by atoms with E-state index in [9.17, 15) is 9.59 Å². The fraction of sp³-hybridized carbons (Fsp3) is 0.222. The Hall–Kier alpha value is -2.33. The molecular weight excluding hydrogens is 312 g/mol. The van der Waals surface area contributed by atoms with Crippen molar-refractivity contribution in [2.45, 2.75) is 12.5 Å². The topological polar surface area (TPSA) is 49.4 Å². The van der Waals surface area contributed by atoms with Gasteiger partial charge in [0, 0.05) is 13.5 Å². The van der Waals surface area contributed by atoms with E-state index in [0.717, 1.165) is 5.56 Å². The largest absolute Gasteiger partial charge is 0.338 e. The highest BCUT2D eigenvalue weighted by Crippen LogP contribution is 2.37. The van der Waals surface area contributed by atoms with Crippen molar-refractivity contribution in [3.05, 3.63) is 65.2 Å². The van der Waals surface area contributed by atoms with Gasteiger partial charge in [-0.3, -0.25) is 9.59 Å². The molecule has 2 aromatic rings.